The Balaban J connectivity index is 2.82. The fourth-order valence-electron chi connectivity index (χ4n) is 1.24. The summed E-state index contributed by atoms with van der Waals surface area (Å²) < 4.78 is 5.33. The van der Waals surface area contributed by atoms with Crippen LogP contribution in [-0.4, -0.2) is 23.3 Å². The Morgan fingerprint density at radius 2 is 2.43 bits per heavy atom. The fourth-order valence-corrected chi connectivity index (χ4v) is 1.24. The Morgan fingerprint density at radius 3 is 3.07 bits per heavy atom. The third-order valence-electron chi connectivity index (χ3n) is 1.92. The number of hydrogen-bond acceptors (Lipinski definition) is 4. The van der Waals surface area contributed by atoms with Crippen molar-refractivity contribution in [3.8, 4) is 5.88 Å². The number of aliphatic hydroxyl groups is 1. The van der Waals surface area contributed by atoms with E-state index >= 15 is 0 Å². The molecule has 0 radical (unpaired) electrons. The molecule has 0 aliphatic heterocycles. The van der Waals surface area contributed by atoms with Crippen LogP contribution in [0.2, 0.25) is 0 Å². The zero-order chi connectivity index (χ0) is 10.4. The lowest BCUT2D eigenvalue weighted by molar-refractivity contribution is 0.272. The number of pyridine rings is 1. The third kappa shape index (κ3) is 2.68. The predicted octanol–water partition coefficient (Wildman–Crippen LogP) is 0.863. The second-order valence-corrected chi connectivity index (χ2v) is 2.95. The van der Waals surface area contributed by atoms with Crippen LogP contribution in [0, 0.1) is 0 Å². The fraction of sp³-hybridized carbons (Fsp3) is 0.500. The van der Waals surface area contributed by atoms with E-state index in [1.807, 2.05) is 19.1 Å². The second-order valence-electron chi connectivity index (χ2n) is 2.95. The molecule has 0 aromatic carbocycles. The lowest BCUT2D eigenvalue weighted by Crippen LogP contribution is -2.14. The highest BCUT2D eigenvalue weighted by molar-refractivity contribution is 5.28. The summed E-state index contributed by atoms with van der Waals surface area (Å²) in [6.07, 6.45) is 2.19. The molecule has 0 aliphatic carbocycles. The molecule has 1 aromatic heterocycles. The Hall–Kier alpha value is -1.13. The van der Waals surface area contributed by atoms with Crippen molar-refractivity contribution in [2.75, 3.05) is 13.2 Å². The molecule has 1 atom stereocenters. The molecule has 0 amide bonds. The van der Waals surface area contributed by atoms with Gasteiger partial charge in [0, 0.05) is 24.4 Å². The maximum atomic E-state index is 8.78. The normalized spacial score (nSPS) is 12.5. The van der Waals surface area contributed by atoms with Crippen molar-refractivity contribution in [2.24, 2.45) is 5.73 Å². The molecule has 0 saturated heterocycles. The largest absolute Gasteiger partial charge is 0.478 e. The summed E-state index contributed by atoms with van der Waals surface area (Å²) in [5.74, 6) is 0.566. The Morgan fingerprint density at radius 1 is 1.64 bits per heavy atom. The molecule has 0 fully saturated rings. The van der Waals surface area contributed by atoms with E-state index < -0.39 is 0 Å². The summed E-state index contributed by atoms with van der Waals surface area (Å²) in [6.45, 7) is 2.54. The molecule has 1 aromatic rings. The number of rotatable bonds is 5. The van der Waals surface area contributed by atoms with Gasteiger partial charge in [-0.25, -0.2) is 4.98 Å². The van der Waals surface area contributed by atoms with E-state index in [0.717, 1.165) is 5.56 Å². The van der Waals surface area contributed by atoms with Crippen molar-refractivity contribution in [1.29, 1.82) is 0 Å². The first-order valence-electron chi connectivity index (χ1n) is 4.73. The van der Waals surface area contributed by atoms with Gasteiger partial charge in [0.1, 0.15) is 0 Å². The smallest absolute Gasteiger partial charge is 0.218 e. The van der Waals surface area contributed by atoms with Gasteiger partial charge in [0.25, 0.3) is 0 Å². The number of nitrogens with two attached hydrogens (primary N) is 1. The summed E-state index contributed by atoms with van der Waals surface area (Å²) in [5.41, 5.74) is 6.71. The molecule has 1 heterocycles. The molecule has 0 aliphatic rings. The molecular formula is C10H16N2O2. The van der Waals surface area contributed by atoms with Crippen molar-refractivity contribution in [3.63, 3.8) is 0 Å². The van der Waals surface area contributed by atoms with Gasteiger partial charge in [-0.15, -0.1) is 0 Å². The SMILES string of the molecule is CCOc1ncccc1[C@@H](N)CCO. The van der Waals surface area contributed by atoms with E-state index in [2.05, 4.69) is 4.98 Å². The number of aromatic nitrogens is 1. The van der Waals surface area contributed by atoms with Crippen LogP contribution < -0.4 is 10.5 Å². The van der Waals surface area contributed by atoms with Crippen molar-refractivity contribution in [2.45, 2.75) is 19.4 Å². The highest BCUT2D eigenvalue weighted by Crippen LogP contribution is 2.22. The second kappa shape index (κ2) is 5.57. The molecule has 0 bridgehead atoms. The molecule has 4 heteroatoms. The van der Waals surface area contributed by atoms with Gasteiger partial charge in [-0.05, 0) is 19.4 Å². The van der Waals surface area contributed by atoms with Gasteiger partial charge in [0.15, 0.2) is 0 Å². The molecule has 0 spiro atoms. The van der Waals surface area contributed by atoms with Crippen LogP contribution in [0.3, 0.4) is 0 Å². The van der Waals surface area contributed by atoms with Gasteiger partial charge in [0.05, 0.1) is 6.61 Å². The van der Waals surface area contributed by atoms with Crippen molar-refractivity contribution >= 4 is 0 Å². The first kappa shape index (κ1) is 10.9. The van der Waals surface area contributed by atoms with Gasteiger partial charge in [-0.1, -0.05) is 6.07 Å². The van der Waals surface area contributed by atoms with Crippen molar-refractivity contribution < 1.29 is 9.84 Å². The maximum Gasteiger partial charge on any atom is 0.218 e. The molecule has 14 heavy (non-hydrogen) atoms. The van der Waals surface area contributed by atoms with E-state index in [-0.39, 0.29) is 12.6 Å². The van der Waals surface area contributed by atoms with Gasteiger partial charge >= 0.3 is 0 Å². The molecule has 0 unspecified atom stereocenters. The van der Waals surface area contributed by atoms with Crippen LogP contribution in [-0.2, 0) is 0 Å². The zero-order valence-electron chi connectivity index (χ0n) is 8.31. The van der Waals surface area contributed by atoms with Gasteiger partial charge in [-0.3, -0.25) is 0 Å². The van der Waals surface area contributed by atoms with Gasteiger partial charge in [0.2, 0.25) is 5.88 Å². The minimum absolute atomic E-state index is 0.0711. The molecule has 0 saturated carbocycles. The third-order valence-corrected chi connectivity index (χ3v) is 1.92. The van der Waals surface area contributed by atoms with Crippen LogP contribution in [0.25, 0.3) is 0 Å². The van der Waals surface area contributed by atoms with Gasteiger partial charge in [-0.2, -0.15) is 0 Å². The van der Waals surface area contributed by atoms with Crippen LogP contribution >= 0.6 is 0 Å². The average Bonchev–Trinajstić information content (AvgIpc) is 2.19. The summed E-state index contributed by atoms with van der Waals surface area (Å²) in [7, 11) is 0. The standard InChI is InChI=1S/C10H16N2O2/c1-2-14-10-8(4-3-6-12-10)9(11)5-7-13/h3-4,6,9,13H,2,5,7,11H2,1H3/t9-/m0/s1. The highest BCUT2D eigenvalue weighted by Gasteiger charge is 2.11. The highest BCUT2D eigenvalue weighted by atomic mass is 16.5. The first-order chi connectivity index (χ1) is 6.79. The molecular weight excluding hydrogens is 180 g/mol. The zero-order valence-corrected chi connectivity index (χ0v) is 8.31. The topological polar surface area (TPSA) is 68.4 Å². The lowest BCUT2D eigenvalue weighted by Gasteiger charge is -2.13. The van der Waals surface area contributed by atoms with Crippen LogP contribution in [0.5, 0.6) is 5.88 Å². The summed E-state index contributed by atoms with van der Waals surface area (Å²) >= 11 is 0. The number of nitrogens with zero attached hydrogens (tertiary/aromatic N) is 1. The minimum Gasteiger partial charge on any atom is -0.478 e. The maximum absolute atomic E-state index is 8.78. The Kier molecular flexibility index (Phi) is 4.35. The average molecular weight is 196 g/mol. The summed E-state index contributed by atoms with van der Waals surface area (Å²) in [5, 5.41) is 8.78. The molecule has 1 rings (SSSR count). The van der Waals surface area contributed by atoms with E-state index in [0.29, 0.717) is 18.9 Å². The molecule has 3 N–H and O–H groups in total. The van der Waals surface area contributed by atoms with Crippen molar-refractivity contribution in [3.05, 3.63) is 23.9 Å². The van der Waals surface area contributed by atoms with E-state index in [1.54, 1.807) is 6.20 Å². The van der Waals surface area contributed by atoms with E-state index in [4.69, 9.17) is 15.6 Å². The molecule has 78 valence electrons. The monoisotopic (exact) mass is 196 g/mol. The number of hydrogen-bond donors (Lipinski definition) is 2. The van der Waals surface area contributed by atoms with Crippen LogP contribution in [0.15, 0.2) is 18.3 Å². The number of aliphatic hydroxyl groups excluding tert-OH is 1. The Bertz CT molecular complexity index is 279. The quantitative estimate of drug-likeness (QED) is 0.733. The van der Waals surface area contributed by atoms with E-state index in [1.165, 1.54) is 0 Å². The first-order valence-corrected chi connectivity index (χ1v) is 4.73. The summed E-state index contributed by atoms with van der Waals surface area (Å²) in [6, 6.07) is 3.48. The van der Waals surface area contributed by atoms with E-state index in [9.17, 15) is 0 Å². The predicted molar refractivity (Wildman–Crippen MR) is 54.0 cm³/mol. The van der Waals surface area contributed by atoms with Crippen LogP contribution in [0.4, 0.5) is 0 Å². The van der Waals surface area contributed by atoms with Crippen LogP contribution in [0.1, 0.15) is 24.9 Å². The lowest BCUT2D eigenvalue weighted by atomic mass is 10.1. The van der Waals surface area contributed by atoms with Crippen molar-refractivity contribution in [1.82, 2.24) is 4.98 Å². The summed E-state index contributed by atoms with van der Waals surface area (Å²) in [4.78, 5) is 4.09. The van der Waals surface area contributed by atoms with Gasteiger partial charge < -0.3 is 15.6 Å². The molecule has 4 nitrogen and oxygen atoms in total. The minimum atomic E-state index is -0.213. The number of ether oxygens (including phenoxy) is 1. The Labute approximate surface area is 83.7 Å².